The second-order valence-corrected chi connectivity index (χ2v) is 5.56. The molecule has 0 spiro atoms. The molecule has 0 amide bonds. The highest BCUT2D eigenvalue weighted by atomic mass is 32.1. The van der Waals surface area contributed by atoms with Crippen molar-refractivity contribution in [2.45, 2.75) is 38.5 Å². The van der Waals surface area contributed by atoms with Gasteiger partial charge in [0, 0.05) is 6.20 Å². The van der Waals surface area contributed by atoms with E-state index in [1.165, 1.54) is 17.1 Å². The molecule has 1 atom stereocenters. The average molecular weight is 273 g/mol. The van der Waals surface area contributed by atoms with Crippen LogP contribution < -0.4 is 0 Å². The van der Waals surface area contributed by atoms with E-state index in [1.807, 2.05) is 6.07 Å². The van der Waals surface area contributed by atoms with Gasteiger partial charge in [-0.25, -0.2) is 0 Å². The van der Waals surface area contributed by atoms with E-state index in [1.54, 1.807) is 6.20 Å². The van der Waals surface area contributed by atoms with Gasteiger partial charge in [0.15, 0.2) is 5.78 Å². The number of aryl methyl sites for hydroxylation is 2. The number of carbonyl (C=O) groups is 1. The Balaban J connectivity index is 1.91. The van der Waals surface area contributed by atoms with Gasteiger partial charge in [-0.05, 0) is 42.4 Å². The quantitative estimate of drug-likeness (QED) is 0.804. The monoisotopic (exact) mass is 273 g/mol. The fraction of sp³-hybridized carbons (Fsp3) is 0.429. The van der Waals surface area contributed by atoms with Crippen molar-refractivity contribution in [2.75, 3.05) is 0 Å². The summed E-state index contributed by atoms with van der Waals surface area (Å²) in [4.78, 5) is 17.8. The molecule has 2 aromatic heterocycles. The topological polar surface area (TPSA) is 55.7 Å². The minimum Gasteiger partial charge on any atom is -0.292 e. The number of hydrogen-bond acceptors (Lipinski definition) is 5. The highest BCUT2D eigenvalue weighted by molar-refractivity contribution is 7.08. The molecular formula is C14H15N3OS. The highest BCUT2D eigenvalue weighted by Crippen LogP contribution is 2.35. The zero-order valence-corrected chi connectivity index (χ0v) is 11.6. The van der Waals surface area contributed by atoms with E-state index in [4.69, 9.17) is 0 Å². The number of hydrogen-bond donors (Lipinski definition) is 0. The molecule has 0 fully saturated rings. The van der Waals surface area contributed by atoms with Crippen molar-refractivity contribution >= 4 is 17.3 Å². The maximum absolute atomic E-state index is 12.7. The van der Waals surface area contributed by atoms with E-state index in [9.17, 15) is 4.79 Å². The lowest BCUT2D eigenvalue weighted by Crippen LogP contribution is -2.12. The largest absolute Gasteiger partial charge is 0.292 e. The van der Waals surface area contributed by atoms with Crippen molar-refractivity contribution < 1.29 is 4.79 Å². The molecule has 2 heterocycles. The summed E-state index contributed by atoms with van der Waals surface area (Å²) in [6, 6.07) is 4.00. The number of carbonyl (C=O) groups excluding carboxylic acids is 1. The van der Waals surface area contributed by atoms with Gasteiger partial charge in [-0.3, -0.25) is 9.78 Å². The van der Waals surface area contributed by atoms with Gasteiger partial charge in [-0.15, -0.1) is 5.10 Å². The first-order chi connectivity index (χ1) is 9.31. The number of pyridine rings is 1. The van der Waals surface area contributed by atoms with Crippen LogP contribution in [-0.2, 0) is 12.8 Å². The Morgan fingerprint density at radius 1 is 1.53 bits per heavy atom. The van der Waals surface area contributed by atoms with Crippen LogP contribution in [0, 0.1) is 0 Å². The number of Topliss-reactive ketones (excluding diaryl/α,β-unsaturated/α-hetero) is 1. The number of aromatic nitrogens is 3. The standard InChI is InChI=1S/C14H15N3OS/c1-2-4-11-14(19-17-16-11)13(18)10-7-6-9-5-3-8-15-12(9)10/h3,5,8,10H,2,4,6-7H2,1H3. The lowest BCUT2D eigenvalue weighted by Gasteiger charge is -2.08. The molecule has 98 valence electrons. The van der Waals surface area contributed by atoms with Crippen molar-refractivity contribution in [1.29, 1.82) is 0 Å². The van der Waals surface area contributed by atoms with Crippen LogP contribution in [0.2, 0.25) is 0 Å². The fourth-order valence-electron chi connectivity index (χ4n) is 2.62. The minimum atomic E-state index is -0.103. The van der Waals surface area contributed by atoms with Crippen molar-refractivity contribution in [3.63, 3.8) is 0 Å². The van der Waals surface area contributed by atoms with Crippen LogP contribution in [0.1, 0.15) is 52.3 Å². The maximum atomic E-state index is 12.7. The molecule has 0 N–H and O–H groups in total. The third kappa shape index (κ3) is 2.18. The molecule has 5 heteroatoms. The fourth-order valence-corrected chi connectivity index (χ4v) is 3.32. The van der Waals surface area contributed by atoms with Crippen molar-refractivity contribution in [3.8, 4) is 0 Å². The summed E-state index contributed by atoms with van der Waals surface area (Å²) in [5, 5.41) is 4.08. The molecule has 0 aliphatic heterocycles. The van der Waals surface area contributed by atoms with E-state index < -0.39 is 0 Å². The molecule has 0 radical (unpaired) electrons. The Kier molecular flexibility index (Phi) is 3.38. The first-order valence-corrected chi connectivity index (χ1v) is 7.37. The SMILES string of the molecule is CCCc1nnsc1C(=O)C1CCc2cccnc21. The third-order valence-corrected chi connectivity index (χ3v) is 4.32. The Morgan fingerprint density at radius 3 is 3.26 bits per heavy atom. The second kappa shape index (κ2) is 5.17. The minimum absolute atomic E-state index is 0.103. The molecule has 1 unspecified atom stereocenters. The molecule has 0 saturated carbocycles. The Bertz CT molecular complexity index is 608. The summed E-state index contributed by atoms with van der Waals surface area (Å²) >= 11 is 1.22. The van der Waals surface area contributed by atoms with Gasteiger partial charge in [0.1, 0.15) is 4.88 Å². The van der Waals surface area contributed by atoms with Crippen molar-refractivity contribution in [3.05, 3.63) is 40.2 Å². The predicted molar refractivity (Wildman–Crippen MR) is 73.5 cm³/mol. The molecule has 0 saturated heterocycles. The molecule has 19 heavy (non-hydrogen) atoms. The summed E-state index contributed by atoms with van der Waals surface area (Å²) in [5.74, 6) is 0.0463. The van der Waals surface area contributed by atoms with Crippen LogP contribution in [0.4, 0.5) is 0 Å². The smallest absolute Gasteiger partial charge is 0.185 e. The van der Waals surface area contributed by atoms with Gasteiger partial charge < -0.3 is 0 Å². The van der Waals surface area contributed by atoms with Crippen LogP contribution in [-0.4, -0.2) is 20.4 Å². The molecule has 2 aromatic rings. The van der Waals surface area contributed by atoms with E-state index in [2.05, 4.69) is 27.6 Å². The summed E-state index contributed by atoms with van der Waals surface area (Å²) in [6.45, 7) is 2.08. The highest BCUT2D eigenvalue weighted by Gasteiger charge is 2.32. The number of rotatable bonds is 4. The normalized spacial score (nSPS) is 17.4. The van der Waals surface area contributed by atoms with Crippen molar-refractivity contribution in [1.82, 2.24) is 14.6 Å². The molecule has 0 aromatic carbocycles. The maximum Gasteiger partial charge on any atom is 0.185 e. The van der Waals surface area contributed by atoms with Crippen molar-refractivity contribution in [2.24, 2.45) is 0 Å². The zero-order valence-electron chi connectivity index (χ0n) is 10.8. The molecule has 0 bridgehead atoms. The molecule has 3 rings (SSSR count). The van der Waals surface area contributed by atoms with Gasteiger partial charge in [-0.1, -0.05) is 23.9 Å². The molecule has 1 aliphatic carbocycles. The number of nitrogens with zero attached hydrogens (tertiary/aromatic N) is 3. The van der Waals surface area contributed by atoms with Crippen LogP contribution >= 0.6 is 11.5 Å². The van der Waals surface area contributed by atoms with Crippen LogP contribution in [0.15, 0.2) is 18.3 Å². The summed E-state index contributed by atoms with van der Waals surface area (Å²) in [6.07, 6.45) is 5.36. The Labute approximate surface area is 116 Å². The number of ketones is 1. The first-order valence-electron chi connectivity index (χ1n) is 6.60. The van der Waals surface area contributed by atoms with Gasteiger partial charge in [0.25, 0.3) is 0 Å². The molecule has 4 nitrogen and oxygen atoms in total. The van der Waals surface area contributed by atoms with Crippen LogP contribution in [0.5, 0.6) is 0 Å². The summed E-state index contributed by atoms with van der Waals surface area (Å²) in [7, 11) is 0. The van der Waals surface area contributed by atoms with Gasteiger partial charge >= 0.3 is 0 Å². The predicted octanol–water partition coefficient (Wildman–Crippen LogP) is 2.80. The first kappa shape index (κ1) is 12.4. The van der Waals surface area contributed by atoms with Crippen LogP contribution in [0.25, 0.3) is 0 Å². The van der Waals surface area contributed by atoms with Gasteiger partial charge in [-0.2, -0.15) is 0 Å². The van der Waals surface area contributed by atoms with Gasteiger partial charge in [0.2, 0.25) is 0 Å². The Hall–Kier alpha value is -1.62. The molecule has 1 aliphatic rings. The average Bonchev–Trinajstić information content (AvgIpc) is 3.04. The second-order valence-electron chi connectivity index (χ2n) is 4.80. The zero-order chi connectivity index (χ0) is 13.2. The lowest BCUT2D eigenvalue weighted by atomic mass is 9.98. The summed E-state index contributed by atoms with van der Waals surface area (Å²) < 4.78 is 3.94. The summed E-state index contributed by atoms with van der Waals surface area (Å²) in [5.41, 5.74) is 3.00. The third-order valence-electron chi connectivity index (χ3n) is 3.54. The van der Waals surface area contributed by atoms with E-state index in [0.717, 1.165) is 41.9 Å². The Morgan fingerprint density at radius 2 is 2.42 bits per heavy atom. The van der Waals surface area contributed by atoms with E-state index >= 15 is 0 Å². The number of fused-ring (bicyclic) bond motifs is 1. The van der Waals surface area contributed by atoms with E-state index in [0.29, 0.717) is 0 Å². The lowest BCUT2D eigenvalue weighted by molar-refractivity contribution is 0.0961. The van der Waals surface area contributed by atoms with Crippen LogP contribution in [0.3, 0.4) is 0 Å². The van der Waals surface area contributed by atoms with Gasteiger partial charge in [0.05, 0.1) is 17.3 Å². The van der Waals surface area contributed by atoms with E-state index in [-0.39, 0.29) is 11.7 Å². The molecular weight excluding hydrogens is 258 g/mol.